The number of urea groups is 1. The lowest BCUT2D eigenvalue weighted by Crippen LogP contribution is -2.40. The number of nitrogens with zero attached hydrogens (tertiary/aromatic N) is 1. The van der Waals surface area contributed by atoms with Crippen molar-refractivity contribution in [2.24, 2.45) is 5.92 Å². The van der Waals surface area contributed by atoms with Crippen molar-refractivity contribution >= 4 is 40.7 Å². The Hall–Kier alpha value is -3.00. The van der Waals surface area contributed by atoms with E-state index in [0.29, 0.717) is 23.4 Å². The molecule has 0 saturated heterocycles. The number of ether oxygens (including phenoxy) is 1. The van der Waals surface area contributed by atoms with Gasteiger partial charge in [-0.15, -0.1) is 0 Å². The first-order valence-electron chi connectivity index (χ1n) is 12.3. The van der Waals surface area contributed by atoms with Crippen molar-refractivity contribution in [1.29, 1.82) is 0 Å². The Kier molecular flexibility index (Phi) is 9.06. The summed E-state index contributed by atoms with van der Waals surface area (Å²) in [6.07, 6.45) is 5.61. The van der Waals surface area contributed by atoms with E-state index in [1.165, 1.54) is 32.4 Å². The number of rotatable bonds is 9. The number of carboxylic acids is 1. The molecule has 0 aliphatic heterocycles. The second-order valence-electron chi connectivity index (χ2n) is 10.1. The number of hydrogen-bond donors (Lipinski definition) is 3. The highest BCUT2D eigenvalue weighted by molar-refractivity contribution is 6.30. The minimum atomic E-state index is -1.46. The van der Waals surface area contributed by atoms with Gasteiger partial charge >= 0.3 is 12.0 Å². The van der Waals surface area contributed by atoms with Crippen LogP contribution in [0.5, 0.6) is 5.75 Å². The Bertz CT molecular complexity index is 1090. The molecule has 1 saturated carbocycles. The van der Waals surface area contributed by atoms with Crippen LogP contribution in [0.4, 0.5) is 26.2 Å². The molecule has 0 heterocycles. The Morgan fingerprint density at radius 2 is 1.78 bits per heavy atom. The lowest BCUT2D eigenvalue weighted by atomic mass is 9.93. The molecule has 1 aliphatic carbocycles. The standard InChI is InChI=1S/C27H35ClFN3O4/c1-17(2)16-32(19-8-6-5-7-9-19)24-13-11-20(36-27(3,4)25(33)34)15-23(24)31-26(35)30-22-12-10-18(28)14-21(22)29/h10-15,17,19H,5-9,16H2,1-4H3,(H,33,34)(H2,30,31,35). The molecule has 196 valence electrons. The molecule has 36 heavy (non-hydrogen) atoms. The van der Waals surface area contributed by atoms with Crippen molar-refractivity contribution < 1.29 is 23.8 Å². The zero-order chi connectivity index (χ0) is 26.5. The van der Waals surface area contributed by atoms with Crippen LogP contribution >= 0.6 is 11.6 Å². The van der Waals surface area contributed by atoms with Crippen molar-refractivity contribution in [3.05, 3.63) is 47.2 Å². The van der Waals surface area contributed by atoms with Crippen molar-refractivity contribution in [3.8, 4) is 5.75 Å². The van der Waals surface area contributed by atoms with Gasteiger partial charge in [-0.2, -0.15) is 0 Å². The summed E-state index contributed by atoms with van der Waals surface area (Å²) in [6, 6.07) is 8.87. The van der Waals surface area contributed by atoms with Crippen LogP contribution in [0.3, 0.4) is 0 Å². The molecule has 0 atom stereocenters. The van der Waals surface area contributed by atoms with Crippen LogP contribution in [0.2, 0.25) is 5.02 Å². The number of amides is 2. The summed E-state index contributed by atoms with van der Waals surface area (Å²) in [5, 5.41) is 15.1. The lowest BCUT2D eigenvalue weighted by Gasteiger charge is -2.38. The number of benzene rings is 2. The number of aliphatic carboxylic acids is 1. The molecule has 2 amide bonds. The number of anilines is 3. The zero-order valence-corrected chi connectivity index (χ0v) is 22.0. The van der Waals surface area contributed by atoms with Crippen LogP contribution in [-0.4, -0.2) is 35.3 Å². The van der Waals surface area contributed by atoms with Crippen LogP contribution in [0.15, 0.2) is 36.4 Å². The SMILES string of the molecule is CC(C)CN(c1ccc(OC(C)(C)C(=O)O)cc1NC(=O)Nc1ccc(Cl)cc1F)C1CCCCC1. The summed E-state index contributed by atoms with van der Waals surface area (Å²) < 4.78 is 20.0. The van der Waals surface area contributed by atoms with Crippen molar-refractivity contribution in [1.82, 2.24) is 0 Å². The topological polar surface area (TPSA) is 90.9 Å². The van der Waals surface area contributed by atoms with Gasteiger partial charge in [0.1, 0.15) is 11.6 Å². The van der Waals surface area contributed by atoms with Gasteiger partial charge in [0.25, 0.3) is 0 Å². The second-order valence-corrected chi connectivity index (χ2v) is 10.6. The number of halogens is 2. The Morgan fingerprint density at radius 3 is 2.39 bits per heavy atom. The number of carboxylic acid groups (broad SMARTS) is 1. The summed E-state index contributed by atoms with van der Waals surface area (Å²) >= 11 is 5.82. The summed E-state index contributed by atoms with van der Waals surface area (Å²) in [4.78, 5) is 26.8. The van der Waals surface area contributed by atoms with Gasteiger partial charge < -0.3 is 25.4 Å². The summed E-state index contributed by atoms with van der Waals surface area (Å²) in [5.41, 5.74) is -0.215. The third-order valence-electron chi connectivity index (χ3n) is 6.17. The van der Waals surface area contributed by atoms with E-state index in [-0.39, 0.29) is 10.7 Å². The molecule has 1 aliphatic rings. The number of nitrogens with one attached hydrogen (secondary N) is 2. The van der Waals surface area contributed by atoms with Crippen LogP contribution in [0.25, 0.3) is 0 Å². The Morgan fingerprint density at radius 1 is 1.11 bits per heavy atom. The van der Waals surface area contributed by atoms with Crippen LogP contribution in [0.1, 0.15) is 59.8 Å². The molecule has 3 rings (SSSR count). The van der Waals surface area contributed by atoms with Crippen LogP contribution in [-0.2, 0) is 4.79 Å². The fourth-order valence-electron chi connectivity index (χ4n) is 4.36. The fraction of sp³-hybridized carbons (Fsp3) is 0.481. The van der Waals surface area contributed by atoms with E-state index in [0.717, 1.165) is 44.0 Å². The predicted octanol–water partition coefficient (Wildman–Crippen LogP) is 7.16. The van der Waals surface area contributed by atoms with Gasteiger partial charge in [0.05, 0.1) is 17.1 Å². The quantitative estimate of drug-likeness (QED) is 0.327. The van der Waals surface area contributed by atoms with E-state index in [4.69, 9.17) is 16.3 Å². The summed E-state index contributed by atoms with van der Waals surface area (Å²) in [5.74, 6) is -1.09. The highest BCUT2D eigenvalue weighted by Gasteiger charge is 2.30. The largest absolute Gasteiger partial charge is 0.478 e. The van der Waals surface area contributed by atoms with Gasteiger partial charge in [-0.3, -0.25) is 0 Å². The van der Waals surface area contributed by atoms with E-state index < -0.39 is 23.4 Å². The van der Waals surface area contributed by atoms with E-state index in [2.05, 4.69) is 29.4 Å². The Labute approximate surface area is 217 Å². The van der Waals surface area contributed by atoms with Crippen LogP contribution < -0.4 is 20.3 Å². The first-order chi connectivity index (χ1) is 17.0. The number of carbonyl (C=O) groups excluding carboxylic acids is 1. The maximum atomic E-state index is 14.3. The van der Waals surface area contributed by atoms with E-state index in [9.17, 15) is 19.1 Å². The fourth-order valence-corrected chi connectivity index (χ4v) is 4.52. The first-order valence-corrected chi connectivity index (χ1v) is 12.7. The maximum absolute atomic E-state index is 14.3. The van der Waals surface area contributed by atoms with Crippen molar-refractivity contribution in [2.45, 2.75) is 71.4 Å². The van der Waals surface area contributed by atoms with Gasteiger partial charge in [-0.05, 0) is 62.9 Å². The molecule has 0 radical (unpaired) electrons. The molecule has 0 aromatic heterocycles. The van der Waals surface area contributed by atoms with Gasteiger partial charge in [0, 0.05) is 23.7 Å². The molecule has 0 spiro atoms. The average molecular weight is 520 g/mol. The van der Waals surface area contributed by atoms with Crippen molar-refractivity contribution in [3.63, 3.8) is 0 Å². The molecular weight excluding hydrogens is 485 g/mol. The molecular formula is C27H35ClFN3O4. The first kappa shape index (κ1) is 27.6. The molecule has 2 aromatic rings. The van der Waals surface area contributed by atoms with Gasteiger partial charge in [0.2, 0.25) is 0 Å². The monoisotopic (exact) mass is 519 g/mol. The highest BCUT2D eigenvalue weighted by Crippen LogP contribution is 2.36. The van der Waals surface area contributed by atoms with Gasteiger partial charge in [-0.1, -0.05) is 44.7 Å². The summed E-state index contributed by atoms with van der Waals surface area (Å²) in [7, 11) is 0. The minimum Gasteiger partial charge on any atom is -0.478 e. The third kappa shape index (κ3) is 7.26. The van der Waals surface area contributed by atoms with Crippen molar-refractivity contribution in [2.75, 3.05) is 22.1 Å². The third-order valence-corrected chi connectivity index (χ3v) is 6.41. The normalized spacial score (nSPS) is 14.4. The smallest absolute Gasteiger partial charge is 0.347 e. The molecule has 1 fully saturated rings. The van der Waals surface area contributed by atoms with E-state index in [1.807, 2.05) is 6.07 Å². The zero-order valence-electron chi connectivity index (χ0n) is 21.2. The molecule has 9 heteroatoms. The molecule has 2 aromatic carbocycles. The number of carbonyl (C=O) groups is 2. The molecule has 3 N–H and O–H groups in total. The maximum Gasteiger partial charge on any atom is 0.347 e. The van der Waals surface area contributed by atoms with E-state index in [1.54, 1.807) is 12.1 Å². The van der Waals surface area contributed by atoms with E-state index >= 15 is 0 Å². The molecule has 0 bridgehead atoms. The van der Waals surface area contributed by atoms with Crippen LogP contribution in [0, 0.1) is 11.7 Å². The van der Waals surface area contributed by atoms with Gasteiger partial charge in [0.15, 0.2) is 5.60 Å². The molecule has 0 unspecified atom stereocenters. The lowest BCUT2D eigenvalue weighted by molar-refractivity contribution is -0.152. The summed E-state index contributed by atoms with van der Waals surface area (Å²) in [6.45, 7) is 7.99. The predicted molar refractivity (Wildman–Crippen MR) is 142 cm³/mol. The number of hydrogen-bond acceptors (Lipinski definition) is 4. The Balaban J connectivity index is 1.96. The molecule has 7 nitrogen and oxygen atoms in total. The van der Waals surface area contributed by atoms with Gasteiger partial charge in [-0.25, -0.2) is 14.0 Å². The minimum absolute atomic E-state index is 0.0100. The second kappa shape index (κ2) is 11.8. The highest BCUT2D eigenvalue weighted by atomic mass is 35.5. The average Bonchev–Trinajstić information content (AvgIpc) is 2.80.